The first-order valence-electron chi connectivity index (χ1n) is 8.18. The fraction of sp³-hybridized carbons (Fsp3) is 0.200. The Morgan fingerprint density at radius 1 is 1.12 bits per heavy atom. The van der Waals surface area contributed by atoms with Crippen molar-refractivity contribution in [1.82, 2.24) is 4.98 Å². The second-order valence-electron chi connectivity index (χ2n) is 6.14. The molecule has 4 heteroatoms. The van der Waals surface area contributed by atoms with Crippen molar-refractivity contribution in [1.29, 1.82) is 0 Å². The Hall–Kier alpha value is -2.88. The van der Waals surface area contributed by atoms with Gasteiger partial charge in [0.15, 0.2) is 0 Å². The molecule has 1 N–H and O–H groups in total. The van der Waals surface area contributed by atoms with Crippen LogP contribution in [-0.4, -0.2) is 17.9 Å². The second kappa shape index (κ2) is 5.96. The Kier molecular flexibility index (Phi) is 3.65. The minimum absolute atomic E-state index is 0.185. The molecule has 120 valence electrons. The Balaban J connectivity index is 1.57. The van der Waals surface area contributed by atoms with Crippen molar-refractivity contribution >= 4 is 28.2 Å². The van der Waals surface area contributed by atoms with Crippen molar-refractivity contribution in [3.05, 3.63) is 65.9 Å². The van der Waals surface area contributed by atoms with Crippen molar-refractivity contribution in [2.75, 3.05) is 17.3 Å². The van der Waals surface area contributed by atoms with E-state index in [4.69, 9.17) is 0 Å². The topological polar surface area (TPSA) is 45.2 Å². The van der Waals surface area contributed by atoms with E-state index in [1.165, 1.54) is 11.1 Å². The van der Waals surface area contributed by atoms with E-state index in [-0.39, 0.29) is 5.91 Å². The molecule has 1 aliphatic heterocycles. The van der Waals surface area contributed by atoms with E-state index < -0.39 is 0 Å². The zero-order valence-electron chi connectivity index (χ0n) is 13.6. The molecule has 0 radical (unpaired) electrons. The molecule has 0 bridgehead atoms. The number of anilines is 2. The molecule has 0 atom stereocenters. The van der Waals surface area contributed by atoms with Crippen LogP contribution < -0.4 is 10.2 Å². The number of para-hydroxylation sites is 1. The van der Waals surface area contributed by atoms with E-state index in [2.05, 4.69) is 40.6 Å². The lowest BCUT2D eigenvalue weighted by atomic mass is 10.0. The Labute approximate surface area is 141 Å². The summed E-state index contributed by atoms with van der Waals surface area (Å²) in [5.74, 6) is 0.185. The number of amides is 1. The van der Waals surface area contributed by atoms with Crippen LogP contribution in [0.4, 0.5) is 11.4 Å². The normalized spacial score (nSPS) is 13.9. The van der Waals surface area contributed by atoms with E-state index in [1.807, 2.05) is 31.4 Å². The van der Waals surface area contributed by atoms with Crippen LogP contribution >= 0.6 is 0 Å². The van der Waals surface area contributed by atoms with E-state index in [9.17, 15) is 4.79 Å². The molecule has 1 aromatic heterocycles. The molecule has 0 spiro atoms. The average Bonchev–Trinajstić information content (AvgIpc) is 2.63. The lowest BCUT2D eigenvalue weighted by Crippen LogP contribution is -2.31. The number of carbonyl (C=O) groups excluding carboxylic acids is 1. The van der Waals surface area contributed by atoms with Gasteiger partial charge in [-0.2, -0.15) is 0 Å². The number of hydrogen-bond donors (Lipinski definition) is 1. The summed E-state index contributed by atoms with van der Waals surface area (Å²) in [6.07, 6.45) is 3.22. The van der Waals surface area contributed by atoms with Gasteiger partial charge in [-0.1, -0.05) is 24.3 Å². The molecule has 0 aliphatic carbocycles. The molecule has 4 nitrogen and oxygen atoms in total. The number of nitrogens with zero attached hydrogens (tertiary/aromatic N) is 2. The molecule has 1 amide bonds. The Morgan fingerprint density at radius 2 is 2.00 bits per heavy atom. The predicted octanol–water partition coefficient (Wildman–Crippen LogP) is 3.76. The summed E-state index contributed by atoms with van der Waals surface area (Å²) in [5.41, 5.74) is 5.53. The summed E-state index contributed by atoms with van der Waals surface area (Å²) >= 11 is 0. The minimum atomic E-state index is 0.185. The fourth-order valence-electron chi connectivity index (χ4n) is 3.27. The van der Waals surface area contributed by atoms with Gasteiger partial charge in [-0.15, -0.1) is 0 Å². The Bertz CT molecular complexity index is 914. The maximum Gasteiger partial charge on any atom is 0.227 e. The molecular formula is C20H19N3O. The van der Waals surface area contributed by atoms with Crippen LogP contribution in [0.25, 0.3) is 10.9 Å². The average molecular weight is 317 g/mol. The van der Waals surface area contributed by atoms with E-state index >= 15 is 0 Å². The first kappa shape index (κ1) is 14.7. The smallest absolute Gasteiger partial charge is 0.227 e. The number of benzene rings is 2. The van der Waals surface area contributed by atoms with Gasteiger partial charge in [-0.25, -0.2) is 0 Å². The highest BCUT2D eigenvalue weighted by atomic mass is 16.2. The lowest BCUT2D eigenvalue weighted by molar-refractivity contribution is -0.118. The number of pyridine rings is 1. The van der Waals surface area contributed by atoms with Crippen LogP contribution in [0.15, 0.2) is 54.7 Å². The molecule has 4 rings (SSSR count). The summed E-state index contributed by atoms with van der Waals surface area (Å²) < 4.78 is 0. The number of aromatic nitrogens is 1. The number of carbonyl (C=O) groups is 1. The summed E-state index contributed by atoms with van der Waals surface area (Å²) in [6, 6.07) is 16.5. The molecule has 1 aliphatic rings. The maximum atomic E-state index is 11.8. The Morgan fingerprint density at radius 3 is 2.92 bits per heavy atom. The van der Waals surface area contributed by atoms with Gasteiger partial charge < -0.3 is 10.2 Å². The molecule has 0 unspecified atom stereocenters. The molecular weight excluding hydrogens is 298 g/mol. The quantitative estimate of drug-likeness (QED) is 0.800. The van der Waals surface area contributed by atoms with Crippen molar-refractivity contribution < 1.29 is 4.79 Å². The molecule has 2 heterocycles. The lowest BCUT2D eigenvalue weighted by Gasteiger charge is -2.26. The predicted molar refractivity (Wildman–Crippen MR) is 97.2 cm³/mol. The zero-order valence-corrected chi connectivity index (χ0v) is 13.6. The van der Waals surface area contributed by atoms with Crippen LogP contribution in [0.2, 0.25) is 0 Å². The first-order chi connectivity index (χ1) is 11.7. The highest BCUT2D eigenvalue weighted by Crippen LogP contribution is 2.29. The third-order valence-corrected chi connectivity index (χ3v) is 4.62. The van der Waals surface area contributed by atoms with Gasteiger partial charge in [0.05, 0.1) is 5.52 Å². The zero-order chi connectivity index (χ0) is 16.5. The van der Waals surface area contributed by atoms with Crippen molar-refractivity contribution in [3.8, 4) is 0 Å². The van der Waals surface area contributed by atoms with Crippen LogP contribution in [0.3, 0.4) is 0 Å². The number of hydrogen-bond acceptors (Lipinski definition) is 3. The van der Waals surface area contributed by atoms with Gasteiger partial charge in [0.25, 0.3) is 0 Å². The van der Waals surface area contributed by atoms with Gasteiger partial charge in [0, 0.05) is 43.0 Å². The number of rotatable bonds is 3. The van der Waals surface area contributed by atoms with Crippen LogP contribution in [0.5, 0.6) is 0 Å². The number of aryl methyl sites for hydroxylation is 1. The summed E-state index contributed by atoms with van der Waals surface area (Å²) in [5, 5.41) is 4.64. The maximum absolute atomic E-state index is 11.8. The van der Waals surface area contributed by atoms with Gasteiger partial charge in [0.2, 0.25) is 5.91 Å². The van der Waals surface area contributed by atoms with Crippen molar-refractivity contribution in [3.63, 3.8) is 0 Å². The molecule has 0 saturated carbocycles. The third-order valence-electron chi connectivity index (χ3n) is 4.62. The van der Waals surface area contributed by atoms with Crippen molar-refractivity contribution in [2.45, 2.75) is 19.4 Å². The van der Waals surface area contributed by atoms with E-state index in [0.717, 1.165) is 35.2 Å². The highest BCUT2D eigenvalue weighted by molar-refractivity contribution is 5.96. The fourth-order valence-corrected chi connectivity index (χ4v) is 3.27. The van der Waals surface area contributed by atoms with E-state index in [0.29, 0.717) is 6.42 Å². The van der Waals surface area contributed by atoms with Crippen LogP contribution in [-0.2, 0) is 17.8 Å². The highest BCUT2D eigenvalue weighted by Gasteiger charge is 2.20. The largest absolute Gasteiger partial charge is 0.381 e. The van der Waals surface area contributed by atoms with Gasteiger partial charge in [0.1, 0.15) is 0 Å². The molecule has 0 fully saturated rings. The van der Waals surface area contributed by atoms with Gasteiger partial charge in [-0.3, -0.25) is 9.78 Å². The van der Waals surface area contributed by atoms with Gasteiger partial charge >= 0.3 is 0 Å². The van der Waals surface area contributed by atoms with E-state index in [1.54, 1.807) is 4.90 Å². The van der Waals surface area contributed by atoms with Gasteiger partial charge in [-0.05, 0) is 41.8 Å². The molecule has 0 saturated heterocycles. The summed E-state index contributed by atoms with van der Waals surface area (Å²) in [4.78, 5) is 18.0. The SMILES string of the molecule is CN1C(=O)CCc2cc(NCc3cccc4cccnc34)ccc21. The molecule has 2 aromatic carbocycles. The summed E-state index contributed by atoms with van der Waals surface area (Å²) in [7, 11) is 1.84. The third kappa shape index (κ3) is 2.60. The first-order valence-corrected chi connectivity index (χ1v) is 8.18. The number of nitrogens with one attached hydrogen (secondary N) is 1. The summed E-state index contributed by atoms with van der Waals surface area (Å²) in [6.45, 7) is 0.724. The van der Waals surface area contributed by atoms with Crippen LogP contribution in [0, 0.1) is 0 Å². The standard InChI is InChI=1S/C20H19N3O/c1-23-18-9-8-17(12-15(18)7-10-19(23)24)22-13-16-5-2-4-14-6-3-11-21-20(14)16/h2-6,8-9,11-12,22H,7,10,13H2,1H3. The number of fused-ring (bicyclic) bond motifs is 2. The molecule has 3 aromatic rings. The second-order valence-corrected chi connectivity index (χ2v) is 6.14. The van der Waals surface area contributed by atoms with Crippen LogP contribution in [0.1, 0.15) is 17.5 Å². The van der Waals surface area contributed by atoms with Crippen molar-refractivity contribution in [2.24, 2.45) is 0 Å². The minimum Gasteiger partial charge on any atom is -0.381 e. The molecule has 24 heavy (non-hydrogen) atoms. The monoisotopic (exact) mass is 317 g/mol.